The first-order valence-electron chi connectivity index (χ1n) is 11.4. The van der Waals surface area contributed by atoms with E-state index in [2.05, 4.69) is 15.2 Å². The molecule has 182 valence electrons. The van der Waals surface area contributed by atoms with Crippen molar-refractivity contribution < 1.29 is 23.6 Å². The van der Waals surface area contributed by atoms with Crippen molar-refractivity contribution in [2.45, 2.75) is 12.8 Å². The molecule has 0 atom stereocenters. The van der Waals surface area contributed by atoms with Gasteiger partial charge in [0.05, 0.1) is 25.5 Å². The van der Waals surface area contributed by atoms with Crippen LogP contribution in [0.25, 0.3) is 0 Å². The molecule has 1 fully saturated rings. The number of hydroxylamine groups is 1. The summed E-state index contributed by atoms with van der Waals surface area (Å²) in [6, 6.07) is 17.1. The molecule has 0 aliphatic carbocycles. The topological polar surface area (TPSA) is 84.0 Å². The highest BCUT2D eigenvalue weighted by Gasteiger charge is 2.21. The van der Waals surface area contributed by atoms with Crippen LogP contribution in [0.5, 0.6) is 11.5 Å². The Balaban J connectivity index is 1.24. The molecule has 1 N–H and O–H groups in total. The fraction of sp³-hybridized carbons (Fsp3) is 0.269. The molecule has 1 aliphatic heterocycles. The fourth-order valence-corrected chi connectivity index (χ4v) is 3.88. The summed E-state index contributed by atoms with van der Waals surface area (Å²) >= 11 is 0. The normalized spacial score (nSPS) is 14.0. The molecule has 8 nitrogen and oxygen atoms in total. The predicted octanol–water partition coefficient (Wildman–Crippen LogP) is 4.55. The Hall–Kier alpha value is -3.98. The van der Waals surface area contributed by atoms with Crippen LogP contribution in [0.2, 0.25) is 0 Å². The van der Waals surface area contributed by atoms with Gasteiger partial charge in [0.15, 0.2) is 5.75 Å². The second-order valence-electron chi connectivity index (χ2n) is 8.33. The number of carbonyl (C=O) groups excluding carboxylic acids is 2. The van der Waals surface area contributed by atoms with Crippen LogP contribution in [0.4, 0.5) is 16.0 Å². The average molecular weight is 479 g/mol. The van der Waals surface area contributed by atoms with Gasteiger partial charge >= 0.3 is 0 Å². The maximum atomic E-state index is 12.7. The van der Waals surface area contributed by atoms with Crippen molar-refractivity contribution in [3.63, 3.8) is 0 Å². The second kappa shape index (κ2) is 11.4. The lowest BCUT2D eigenvalue weighted by Crippen LogP contribution is -2.36. The summed E-state index contributed by atoms with van der Waals surface area (Å²) in [5.74, 6) is 2.01. The summed E-state index contributed by atoms with van der Waals surface area (Å²) < 4.78 is 18.6. The van der Waals surface area contributed by atoms with E-state index in [-0.39, 0.29) is 11.2 Å². The maximum absolute atomic E-state index is 12.7. The Morgan fingerprint density at radius 3 is 2.57 bits per heavy atom. The molecular weight excluding hydrogens is 451 g/mol. The van der Waals surface area contributed by atoms with Crippen molar-refractivity contribution in [1.82, 2.24) is 10.3 Å². The molecule has 4 rings (SSSR count). The lowest BCUT2D eigenvalue weighted by Gasteiger charge is -2.32. The number of ether oxygens (including phenoxy) is 1. The number of rotatable bonds is 9. The van der Waals surface area contributed by atoms with Gasteiger partial charge in [-0.05, 0) is 67.3 Å². The van der Waals surface area contributed by atoms with Gasteiger partial charge in [0, 0.05) is 29.5 Å². The molecule has 0 saturated carbocycles. The van der Waals surface area contributed by atoms with E-state index in [1.165, 1.54) is 12.1 Å². The average Bonchev–Trinajstić information content (AvgIpc) is 2.88. The summed E-state index contributed by atoms with van der Waals surface area (Å²) in [5, 5.41) is 2.90. The SMILES string of the molecule is CN(F)Oc1ccc(C(=O)Nc2ccc(N3CCC(COc4cccc(C=O)c4)CC3)nc2)cc1. The molecule has 2 heterocycles. The summed E-state index contributed by atoms with van der Waals surface area (Å²) in [6.07, 6.45) is 4.41. The van der Waals surface area contributed by atoms with E-state index in [0.29, 0.717) is 40.8 Å². The monoisotopic (exact) mass is 478 g/mol. The largest absolute Gasteiger partial charge is 0.493 e. The Kier molecular flexibility index (Phi) is 7.89. The molecule has 0 radical (unpaired) electrons. The number of hydrogen-bond acceptors (Lipinski definition) is 7. The summed E-state index contributed by atoms with van der Waals surface area (Å²) in [4.78, 5) is 34.9. The minimum atomic E-state index is -0.292. The standard InChI is InChI=1S/C26H27FN4O4/c1-30(27)35-23-8-5-21(6-9-23)26(33)29-22-7-10-25(28-16-22)31-13-11-19(12-14-31)18-34-24-4-2-3-20(15-24)17-32/h2-10,15-17,19H,11-14,18H2,1H3,(H,29,33). The molecule has 1 saturated heterocycles. The lowest BCUT2D eigenvalue weighted by molar-refractivity contribution is -0.186. The van der Waals surface area contributed by atoms with Gasteiger partial charge in [0.1, 0.15) is 17.9 Å². The fourth-order valence-electron chi connectivity index (χ4n) is 3.88. The van der Waals surface area contributed by atoms with Crippen molar-refractivity contribution in [1.29, 1.82) is 0 Å². The molecule has 0 unspecified atom stereocenters. The highest BCUT2D eigenvalue weighted by atomic mass is 19.2. The molecule has 2 aromatic carbocycles. The quantitative estimate of drug-likeness (QED) is 0.274. The number of halogens is 1. The highest BCUT2D eigenvalue weighted by Crippen LogP contribution is 2.24. The van der Waals surface area contributed by atoms with Crippen LogP contribution < -0.4 is 19.8 Å². The molecular formula is C26H27FN4O4. The van der Waals surface area contributed by atoms with Crippen LogP contribution in [0.3, 0.4) is 0 Å². The zero-order chi connectivity index (χ0) is 24.6. The van der Waals surface area contributed by atoms with Crippen molar-refractivity contribution in [3.8, 4) is 11.5 Å². The first-order valence-corrected chi connectivity index (χ1v) is 11.4. The summed E-state index contributed by atoms with van der Waals surface area (Å²) in [5.41, 5.74) is 1.62. The van der Waals surface area contributed by atoms with Crippen molar-refractivity contribution in [3.05, 3.63) is 78.0 Å². The van der Waals surface area contributed by atoms with Crippen LogP contribution in [-0.4, -0.2) is 49.2 Å². The van der Waals surface area contributed by atoms with Gasteiger partial charge in [0.25, 0.3) is 5.91 Å². The first-order chi connectivity index (χ1) is 17.0. The highest BCUT2D eigenvalue weighted by molar-refractivity contribution is 6.04. The number of amides is 1. The summed E-state index contributed by atoms with van der Waals surface area (Å²) in [6.45, 7) is 2.35. The number of piperidine rings is 1. The van der Waals surface area contributed by atoms with E-state index in [1.807, 2.05) is 24.3 Å². The third kappa shape index (κ3) is 6.77. The van der Waals surface area contributed by atoms with E-state index in [9.17, 15) is 14.1 Å². The van der Waals surface area contributed by atoms with Crippen LogP contribution in [0, 0.1) is 5.92 Å². The molecule has 1 amide bonds. The number of aldehydes is 1. The first kappa shape index (κ1) is 24.2. The van der Waals surface area contributed by atoms with Crippen LogP contribution in [0.15, 0.2) is 66.9 Å². The van der Waals surface area contributed by atoms with Gasteiger partial charge in [0.2, 0.25) is 0 Å². The third-order valence-corrected chi connectivity index (χ3v) is 5.77. The van der Waals surface area contributed by atoms with Crippen molar-refractivity contribution in [2.24, 2.45) is 5.92 Å². The molecule has 0 spiro atoms. The van der Waals surface area contributed by atoms with Crippen LogP contribution in [-0.2, 0) is 0 Å². The van der Waals surface area contributed by atoms with Crippen LogP contribution in [0.1, 0.15) is 33.6 Å². The van der Waals surface area contributed by atoms with Crippen molar-refractivity contribution in [2.75, 3.05) is 37.0 Å². The number of pyridine rings is 1. The molecule has 1 aromatic heterocycles. The van der Waals surface area contributed by atoms with Gasteiger partial charge < -0.3 is 19.8 Å². The molecule has 0 bridgehead atoms. The number of carbonyl (C=O) groups is 2. The smallest absolute Gasteiger partial charge is 0.255 e. The number of benzene rings is 2. The minimum Gasteiger partial charge on any atom is -0.493 e. The Labute approximate surface area is 203 Å². The van der Waals surface area contributed by atoms with Gasteiger partial charge in [-0.1, -0.05) is 16.6 Å². The zero-order valence-electron chi connectivity index (χ0n) is 19.4. The number of nitrogens with one attached hydrogen (secondary N) is 1. The minimum absolute atomic E-state index is 0.0918. The number of nitrogens with zero attached hydrogens (tertiary/aromatic N) is 3. The number of aromatic nitrogens is 1. The van der Waals surface area contributed by atoms with E-state index in [4.69, 9.17) is 9.57 Å². The molecule has 35 heavy (non-hydrogen) atoms. The van der Waals surface area contributed by atoms with Gasteiger partial charge in [-0.25, -0.2) is 4.98 Å². The maximum Gasteiger partial charge on any atom is 0.255 e. The predicted molar refractivity (Wildman–Crippen MR) is 130 cm³/mol. The van der Waals surface area contributed by atoms with E-state index in [0.717, 1.165) is 45.1 Å². The molecule has 1 aliphatic rings. The Morgan fingerprint density at radius 2 is 1.91 bits per heavy atom. The second-order valence-corrected chi connectivity index (χ2v) is 8.33. The van der Waals surface area contributed by atoms with Gasteiger partial charge in [-0.15, -0.1) is 0 Å². The van der Waals surface area contributed by atoms with Crippen molar-refractivity contribution >= 4 is 23.7 Å². The number of hydrogen-bond donors (Lipinski definition) is 1. The summed E-state index contributed by atoms with van der Waals surface area (Å²) in [7, 11) is 1.13. The number of anilines is 2. The third-order valence-electron chi connectivity index (χ3n) is 5.77. The van der Waals surface area contributed by atoms with Crippen LogP contribution >= 0.6 is 0 Å². The zero-order valence-corrected chi connectivity index (χ0v) is 19.4. The van der Waals surface area contributed by atoms with E-state index in [1.54, 1.807) is 30.5 Å². The van der Waals surface area contributed by atoms with E-state index < -0.39 is 0 Å². The lowest BCUT2D eigenvalue weighted by atomic mass is 9.98. The molecule has 9 heteroatoms. The van der Waals surface area contributed by atoms with E-state index >= 15 is 0 Å². The van der Waals surface area contributed by atoms with Gasteiger partial charge in [-0.2, -0.15) is 0 Å². The molecule has 3 aromatic rings. The van der Waals surface area contributed by atoms with Gasteiger partial charge in [-0.3, -0.25) is 9.59 Å². The Morgan fingerprint density at radius 1 is 1.14 bits per heavy atom. The Bertz CT molecular complexity index is 1130.